The highest BCUT2D eigenvalue weighted by molar-refractivity contribution is 7.85. The Hall–Kier alpha value is -2.27. The van der Waals surface area contributed by atoms with Crippen LogP contribution in [0.2, 0.25) is 18.1 Å². The molecule has 8 nitrogen and oxygen atoms in total. The largest absolute Gasteiger partial charge is 0.496 e. The average molecular weight is 567 g/mol. The van der Waals surface area contributed by atoms with Gasteiger partial charge in [-0.3, -0.25) is 4.18 Å². The van der Waals surface area contributed by atoms with Crippen molar-refractivity contribution in [1.29, 1.82) is 0 Å². The van der Waals surface area contributed by atoms with Gasteiger partial charge in [-0.05, 0) is 54.4 Å². The van der Waals surface area contributed by atoms with E-state index in [0.29, 0.717) is 29.4 Å². The van der Waals surface area contributed by atoms with Crippen molar-refractivity contribution in [2.75, 3.05) is 27.1 Å². The number of fused-ring (bicyclic) bond motifs is 1. The number of rotatable bonds is 12. The molecule has 1 aliphatic heterocycles. The Bertz CT molecular complexity index is 1160. The summed E-state index contributed by atoms with van der Waals surface area (Å²) in [6.07, 6.45) is 0.952. The van der Waals surface area contributed by atoms with Crippen molar-refractivity contribution >= 4 is 18.4 Å². The molecule has 10 heteroatoms. The Morgan fingerprint density at radius 2 is 1.53 bits per heavy atom. The molecular formula is C28H42O8SSi. The van der Waals surface area contributed by atoms with Gasteiger partial charge in [0, 0.05) is 17.9 Å². The van der Waals surface area contributed by atoms with Crippen LogP contribution in [0.4, 0.5) is 0 Å². The van der Waals surface area contributed by atoms with Crippen molar-refractivity contribution in [2.24, 2.45) is 5.92 Å². The summed E-state index contributed by atoms with van der Waals surface area (Å²) >= 11 is 0. The second-order valence-electron chi connectivity index (χ2n) is 11.2. The van der Waals surface area contributed by atoms with Crippen molar-refractivity contribution in [2.45, 2.75) is 71.1 Å². The maximum absolute atomic E-state index is 12.1. The fraction of sp³-hybridized carbons (Fsp3) is 0.571. The summed E-state index contributed by atoms with van der Waals surface area (Å²) in [7, 11) is -2.80. The summed E-state index contributed by atoms with van der Waals surface area (Å²) in [6.45, 7) is 12.8. The Morgan fingerprint density at radius 3 is 1.95 bits per heavy atom. The number of methoxy groups -OCH3 is 2. The molecule has 0 aromatic heterocycles. The minimum Gasteiger partial charge on any atom is -0.496 e. The van der Waals surface area contributed by atoms with Gasteiger partial charge in [0.25, 0.3) is 10.1 Å². The number of para-hydroxylation sites is 2. The van der Waals surface area contributed by atoms with Gasteiger partial charge >= 0.3 is 0 Å². The zero-order valence-corrected chi connectivity index (χ0v) is 25.8. The lowest BCUT2D eigenvalue weighted by molar-refractivity contribution is -0.0108. The van der Waals surface area contributed by atoms with E-state index in [4.69, 9.17) is 27.6 Å². The molecule has 0 radical (unpaired) electrons. The molecule has 212 valence electrons. The lowest BCUT2D eigenvalue weighted by Gasteiger charge is -2.42. The van der Waals surface area contributed by atoms with Crippen LogP contribution in [0.15, 0.2) is 36.4 Å². The van der Waals surface area contributed by atoms with E-state index in [9.17, 15) is 8.42 Å². The van der Waals surface area contributed by atoms with Crippen molar-refractivity contribution in [3.8, 4) is 23.0 Å². The van der Waals surface area contributed by atoms with E-state index in [1.165, 1.54) is 0 Å². The van der Waals surface area contributed by atoms with Gasteiger partial charge < -0.3 is 23.4 Å². The van der Waals surface area contributed by atoms with E-state index in [2.05, 4.69) is 33.9 Å². The van der Waals surface area contributed by atoms with E-state index >= 15 is 0 Å². The standard InChI is InChI=1S/C28H42O8SSi/c1-10-21-24(31-5)15-19(16-25(21)32-6)27(36-38(8,9)28(2,3)4)20(18-33-37(7,29)30)17-26-34-22-13-11-12-14-23(22)35-26/h11-16,20,26-27H,10,17-18H2,1-9H3/t20-,27-/m1/s1. The van der Waals surface area contributed by atoms with Crippen LogP contribution in [0.25, 0.3) is 0 Å². The summed E-state index contributed by atoms with van der Waals surface area (Å²) in [5.74, 6) is 2.25. The van der Waals surface area contributed by atoms with Crippen LogP contribution in [-0.4, -0.2) is 50.1 Å². The molecule has 0 aliphatic carbocycles. The van der Waals surface area contributed by atoms with Gasteiger partial charge in [0.05, 0.1) is 33.2 Å². The minimum absolute atomic E-state index is 0.0956. The molecule has 0 spiro atoms. The molecule has 0 amide bonds. The monoisotopic (exact) mass is 566 g/mol. The highest BCUT2D eigenvalue weighted by Crippen LogP contribution is 2.46. The average Bonchev–Trinajstić information content (AvgIpc) is 3.25. The van der Waals surface area contributed by atoms with Crippen molar-refractivity contribution in [1.82, 2.24) is 0 Å². The highest BCUT2D eigenvalue weighted by Gasteiger charge is 2.43. The van der Waals surface area contributed by atoms with Gasteiger partial charge in [0.15, 0.2) is 19.8 Å². The SMILES string of the molecule is CCc1c(OC)cc([C@@H](O[Si](C)(C)C(C)(C)C)[C@@H](COS(C)(=O)=O)CC2Oc3ccccc3O2)cc1OC. The molecule has 0 fully saturated rings. The molecule has 2 atom stereocenters. The fourth-order valence-corrected chi connectivity index (χ4v) is 5.97. The molecule has 0 N–H and O–H groups in total. The van der Waals surface area contributed by atoms with Crippen molar-refractivity contribution < 1.29 is 36.0 Å². The predicted octanol–water partition coefficient (Wildman–Crippen LogP) is 6.11. The first-order valence-corrected chi connectivity index (χ1v) is 17.6. The van der Waals surface area contributed by atoms with Gasteiger partial charge in [0.2, 0.25) is 6.29 Å². The van der Waals surface area contributed by atoms with Gasteiger partial charge in [-0.15, -0.1) is 0 Å². The van der Waals surface area contributed by atoms with Crippen molar-refractivity contribution in [3.63, 3.8) is 0 Å². The van der Waals surface area contributed by atoms with Crippen LogP contribution in [0.3, 0.4) is 0 Å². The van der Waals surface area contributed by atoms with Crippen LogP contribution in [0.5, 0.6) is 23.0 Å². The number of hydrogen-bond acceptors (Lipinski definition) is 8. The minimum atomic E-state index is -3.71. The molecule has 2 aromatic rings. The highest BCUT2D eigenvalue weighted by atomic mass is 32.2. The molecule has 38 heavy (non-hydrogen) atoms. The van der Waals surface area contributed by atoms with E-state index in [0.717, 1.165) is 23.8 Å². The first-order chi connectivity index (χ1) is 17.7. The van der Waals surface area contributed by atoms with E-state index in [1.807, 2.05) is 43.3 Å². The summed E-state index contributed by atoms with van der Waals surface area (Å²) in [6, 6.07) is 11.4. The van der Waals surface area contributed by atoms with Gasteiger partial charge in [-0.2, -0.15) is 8.42 Å². The zero-order chi connectivity index (χ0) is 28.3. The van der Waals surface area contributed by atoms with Crippen LogP contribution >= 0.6 is 0 Å². The number of ether oxygens (including phenoxy) is 4. The van der Waals surface area contributed by atoms with E-state index in [1.54, 1.807) is 14.2 Å². The molecule has 0 saturated heterocycles. The zero-order valence-electron chi connectivity index (χ0n) is 24.0. The Morgan fingerprint density at radius 1 is 1.00 bits per heavy atom. The summed E-state index contributed by atoms with van der Waals surface area (Å²) in [4.78, 5) is 0. The Balaban J connectivity index is 2.09. The first kappa shape index (κ1) is 30.3. The third-order valence-electron chi connectivity index (χ3n) is 7.33. The van der Waals surface area contributed by atoms with Gasteiger partial charge in [0.1, 0.15) is 11.5 Å². The maximum Gasteiger partial charge on any atom is 0.264 e. The van der Waals surface area contributed by atoms with Gasteiger partial charge in [-0.25, -0.2) is 0 Å². The molecule has 1 aliphatic rings. The third kappa shape index (κ3) is 7.22. The first-order valence-electron chi connectivity index (χ1n) is 12.9. The fourth-order valence-electron chi connectivity index (χ4n) is 4.23. The second kappa shape index (κ2) is 11.9. The Labute approximate surface area is 228 Å². The second-order valence-corrected chi connectivity index (χ2v) is 17.6. The number of benzene rings is 2. The van der Waals surface area contributed by atoms with Crippen molar-refractivity contribution in [3.05, 3.63) is 47.5 Å². The topological polar surface area (TPSA) is 89.5 Å². The molecule has 0 unspecified atom stereocenters. The summed E-state index contributed by atoms with van der Waals surface area (Å²) < 4.78 is 60.1. The quantitative estimate of drug-likeness (QED) is 0.225. The van der Waals surface area contributed by atoms with Crippen LogP contribution < -0.4 is 18.9 Å². The molecule has 3 rings (SSSR count). The maximum atomic E-state index is 12.1. The molecule has 2 aromatic carbocycles. The smallest absolute Gasteiger partial charge is 0.264 e. The molecule has 1 heterocycles. The lowest BCUT2D eigenvalue weighted by Crippen LogP contribution is -2.44. The predicted molar refractivity (Wildman–Crippen MR) is 150 cm³/mol. The Kier molecular flexibility index (Phi) is 9.44. The molecular weight excluding hydrogens is 524 g/mol. The normalized spacial score (nSPS) is 15.8. The number of hydrogen-bond donors (Lipinski definition) is 0. The summed E-state index contributed by atoms with van der Waals surface area (Å²) in [5, 5.41) is -0.0956. The lowest BCUT2D eigenvalue weighted by atomic mass is 9.91. The van der Waals surface area contributed by atoms with Crippen LogP contribution in [0, 0.1) is 5.92 Å². The summed E-state index contributed by atoms with van der Waals surface area (Å²) in [5.41, 5.74) is 1.77. The van der Waals surface area contributed by atoms with E-state index < -0.39 is 36.7 Å². The van der Waals surface area contributed by atoms with E-state index in [-0.39, 0.29) is 11.6 Å². The van der Waals surface area contributed by atoms with Crippen LogP contribution in [-0.2, 0) is 25.1 Å². The third-order valence-corrected chi connectivity index (χ3v) is 12.3. The van der Waals surface area contributed by atoms with Crippen LogP contribution in [0.1, 0.15) is 51.3 Å². The van der Waals surface area contributed by atoms with Gasteiger partial charge in [-0.1, -0.05) is 39.8 Å². The molecule has 0 saturated carbocycles. The molecule has 0 bridgehead atoms.